The van der Waals surface area contributed by atoms with Crippen LogP contribution in [0.3, 0.4) is 0 Å². The Labute approximate surface area is 80.8 Å². The fraction of sp³-hybridized carbons (Fsp3) is 0.100. The molecule has 1 aromatic heterocycles. The van der Waals surface area contributed by atoms with Crippen molar-refractivity contribution in [2.24, 2.45) is 0 Å². The Bertz CT molecular complexity index is 468. The van der Waals surface area contributed by atoms with Crippen LogP contribution < -0.4 is 0 Å². The van der Waals surface area contributed by atoms with E-state index in [0.29, 0.717) is 10.7 Å². The zero-order valence-electron chi connectivity index (χ0n) is 7.08. The maximum atomic E-state index is 9.40. The van der Waals surface area contributed by atoms with Gasteiger partial charge in [-0.2, -0.15) is 0 Å². The van der Waals surface area contributed by atoms with Crippen molar-refractivity contribution in [1.82, 2.24) is 4.98 Å². The van der Waals surface area contributed by atoms with E-state index in [9.17, 15) is 5.11 Å². The summed E-state index contributed by atoms with van der Waals surface area (Å²) in [6.45, 7) is 1.75. The number of fused-ring (bicyclic) bond motifs is 1. The highest BCUT2D eigenvalue weighted by Crippen LogP contribution is 2.25. The lowest BCUT2D eigenvalue weighted by Crippen LogP contribution is -1.84. The van der Waals surface area contributed by atoms with E-state index in [1.807, 2.05) is 12.1 Å². The number of rotatable bonds is 0. The van der Waals surface area contributed by atoms with Crippen molar-refractivity contribution in [3.05, 3.63) is 35.0 Å². The van der Waals surface area contributed by atoms with E-state index in [2.05, 4.69) is 4.98 Å². The van der Waals surface area contributed by atoms with Crippen LogP contribution in [0.4, 0.5) is 0 Å². The van der Waals surface area contributed by atoms with E-state index in [0.717, 1.165) is 10.9 Å². The van der Waals surface area contributed by atoms with Crippen LogP contribution in [0.25, 0.3) is 10.9 Å². The van der Waals surface area contributed by atoms with Crippen molar-refractivity contribution in [1.29, 1.82) is 0 Å². The molecule has 1 aromatic carbocycles. The number of hydrogen-bond donors (Lipinski definition) is 1. The van der Waals surface area contributed by atoms with Gasteiger partial charge in [0.25, 0.3) is 0 Å². The number of halogens is 1. The zero-order valence-corrected chi connectivity index (χ0v) is 7.84. The molecular formula is C10H8ClNO. The van der Waals surface area contributed by atoms with E-state index in [4.69, 9.17) is 11.6 Å². The van der Waals surface area contributed by atoms with Crippen LogP contribution in [-0.4, -0.2) is 10.1 Å². The SMILES string of the molecule is Cc1nc2c(Cl)cccc2cc1O. The second-order valence-corrected chi connectivity index (χ2v) is 3.31. The van der Waals surface area contributed by atoms with E-state index in [1.165, 1.54) is 0 Å². The molecule has 2 nitrogen and oxygen atoms in total. The summed E-state index contributed by atoms with van der Waals surface area (Å²) < 4.78 is 0. The van der Waals surface area contributed by atoms with E-state index >= 15 is 0 Å². The third-order valence-corrected chi connectivity index (χ3v) is 2.27. The highest BCUT2D eigenvalue weighted by atomic mass is 35.5. The smallest absolute Gasteiger partial charge is 0.137 e. The molecule has 0 aliphatic heterocycles. The molecule has 0 atom stereocenters. The molecule has 0 unspecified atom stereocenters. The van der Waals surface area contributed by atoms with E-state index in [-0.39, 0.29) is 5.75 Å². The fourth-order valence-corrected chi connectivity index (χ4v) is 1.47. The minimum Gasteiger partial charge on any atom is -0.506 e. The maximum absolute atomic E-state index is 9.40. The van der Waals surface area contributed by atoms with Gasteiger partial charge in [-0.1, -0.05) is 23.7 Å². The summed E-state index contributed by atoms with van der Waals surface area (Å²) in [5.41, 5.74) is 1.33. The number of benzene rings is 1. The van der Waals surface area contributed by atoms with Gasteiger partial charge in [0.15, 0.2) is 0 Å². The average molecular weight is 194 g/mol. The van der Waals surface area contributed by atoms with Gasteiger partial charge in [-0.25, -0.2) is 4.98 Å². The molecule has 0 aliphatic carbocycles. The molecule has 0 bridgehead atoms. The molecular weight excluding hydrogens is 186 g/mol. The first-order chi connectivity index (χ1) is 6.18. The van der Waals surface area contributed by atoms with Gasteiger partial charge >= 0.3 is 0 Å². The highest BCUT2D eigenvalue weighted by molar-refractivity contribution is 6.35. The van der Waals surface area contributed by atoms with Crippen molar-refractivity contribution in [2.75, 3.05) is 0 Å². The number of aryl methyl sites for hydroxylation is 1. The molecule has 0 fully saturated rings. The highest BCUT2D eigenvalue weighted by Gasteiger charge is 2.03. The Hall–Kier alpha value is -1.28. The van der Waals surface area contributed by atoms with Crippen molar-refractivity contribution in [2.45, 2.75) is 6.92 Å². The largest absolute Gasteiger partial charge is 0.506 e. The Morgan fingerprint density at radius 1 is 1.38 bits per heavy atom. The number of pyridine rings is 1. The summed E-state index contributed by atoms with van der Waals surface area (Å²) in [7, 11) is 0. The second-order valence-electron chi connectivity index (χ2n) is 2.90. The van der Waals surface area contributed by atoms with Crippen molar-refractivity contribution < 1.29 is 5.11 Å². The molecule has 66 valence electrons. The third kappa shape index (κ3) is 1.33. The molecule has 3 heteroatoms. The number of hydrogen-bond acceptors (Lipinski definition) is 2. The van der Waals surface area contributed by atoms with Gasteiger partial charge in [0.1, 0.15) is 5.75 Å². The summed E-state index contributed by atoms with van der Waals surface area (Å²) in [5.74, 6) is 0.203. The molecule has 0 saturated heterocycles. The molecule has 1 heterocycles. The quantitative estimate of drug-likeness (QED) is 0.698. The lowest BCUT2D eigenvalue weighted by Gasteiger charge is -2.02. The van der Waals surface area contributed by atoms with Gasteiger partial charge in [0.05, 0.1) is 16.2 Å². The summed E-state index contributed by atoms with van der Waals surface area (Å²) in [6.07, 6.45) is 0. The maximum Gasteiger partial charge on any atom is 0.137 e. The van der Waals surface area contributed by atoms with E-state index < -0.39 is 0 Å². The Morgan fingerprint density at radius 2 is 2.15 bits per heavy atom. The monoisotopic (exact) mass is 193 g/mol. The summed E-state index contributed by atoms with van der Waals surface area (Å²) in [4.78, 5) is 4.19. The number of nitrogens with zero attached hydrogens (tertiary/aromatic N) is 1. The fourth-order valence-electron chi connectivity index (χ4n) is 1.24. The van der Waals surface area contributed by atoms with Crippen LogP contribution in [0.15, 0.2) is 24.3 Å². The average Bonchev–Trinajstić information content (AvgIpc) is 2.09. The number of aromatic hydroxyl groups is 1. The molecule has 2 aromatic rings. The summed E-state index contributed by atoms with van der Waals surface area (Å²) in [6, 6.07) is 7.16. The molecule has 0 aliphatic rings. The van der Waals surface area contributed by atoms with Gasteiger partial charge in [0, 0.05) is 5.39 Å². The number of para-hydroxylation sites is 1. The van der Waals surface area contributed by atoms with Gasteiger partial charge < -0.3 is 5.11 Å². The first-order valence-electron chi connectivity index (χ1n) is 3.93. The van der Waals surface area contributed by atoms with Crippen molar-refractivity contribution in [3.63, 3.8) is 0 Å². The Kier molecular flexibility index (Phi) is 1.85. The molecule has 2 rings (SSSR count). The first-order valence-corrected chi connectivity index (χ1v) is 4.31. The minimum absolute atomic E-state index is 0.203. The lowest BCUT2D eigenvalue weighted by molar-refractivity contribution is 0.469. The van der Waals surface area contributed by atoms with Crippen LogP contribution in [0.2, 0.25) is 5.02 Å². The topological polar surface area (TPSA) is 33.1 Å². The lowest BCUT2D eigenvalue weighted by atomic mass is 10.2. The third-order valence-electron chi connectivity index (χ3n) is 1.96. The van der Waals surface area contributed by atoms with Crippen LogP contribution in [0.1, 0.15) is 5.69 Å². The molecule has 0 spiro atoms. The van der Waals surface area contributed by atoms with Crippen LogP contribution in [0, 0.1) is 6.92 Å². The molecule has 0 saturated carbocycles. The predicted octanol–water partition coefficient (Wildman–Crippen LogP) is 2.90. The predicted molar refractivity (Wildman–Crippen MR) is 53.2 cm³/mol. The van der Waals surface area contributed by atoms with Crippen LogP contribution >= 0.6 is 11.6 Å². The summed E-state index contributed by atoms with van der Waals surface area (Å²) in [5, 5.41) is 10.9. The van der Waals surface area contributed by atoms with Gasteiger partial charge in [0.2, 0.25) is 0 Å². The summed E-state index contributed by atoms with van der Waals surface area (Å²) >= 11 is 5.94. The Balaban J connectivity index is 2.89. The van der Waals surface area contributed by atoms with Gasteiger partial charge in [-0.3, -0.25) is 0 Å². The molecule has 13 heavy (non-hydrogen) atoms. The normalized spacial score (nSPS) is 10.6. The second kappa shape index (κ2) is 2.89. The first kappa shape index (κ1) is 8.32. The number of aromatic nitrogens is 1. The van der Waals surface area contributed by atoms with Crippen molar-refractivity contribution >= 4 is 22.5 Å². The van der Waals surface area contributed by atoms with Crippen LogP contribution in [0.5, 0.6) is 5.75 Å². The molecule has 0 radical (unpaired) electrons. The van der Waals surface area contributed by atoms with Gasteiger partial charge in [-0.15, -0.1) is 0 Å². The zero-order chi connectivity index (χ0) is 9.42. The standard InChI is InChI=1S/C10H8ClNO/c1-6-9(13)5-7-3-2-4-8(11)10(7)12-6/h2-5,13H,1H3. The molecule has 0 amide bonds. The van der Waals surface area contributed by atoms with E-state index in [1.54, 1.807) is 19.1 Å². The minimum atomic E-state index is 0.203. The van der Waals surface area contributed by atoms with Crippen molar-refractivity contribution in [3.8, 4) is 5.75 Å². The van der Waals surface area contributed by atoms with Crippen LogP contribution in [-0.2, 0) is 0 Å². The Morgan fingerprint density at radius 3 is 2.92 bits per heavy atom. The van der Waals surface area contributed by atoms with Gasteiger partial charge in [-0.05, 0) is 19.1 Å². The molecule has 1 N–H and O–H groups in total.